The SMILES string of the molecule is O=C(c1ccc(Br)cc1)N(Cc1cccn1Cc1ccccc1Cl)C1CC1. The summed E-state index contributed by atoms with van der Waals surface area (Å²) in [5.74, 6) is 0.0930. The molecule has 1 aliphatic carbocycles. The zero-order chi connectivity index (χ0) is 18.8. The van der Waals surface area contributed by atoms with Crippen LogP contribution in [0.2, 0.25) is 5.02 Å². The Kier molecular flexibility index (Phi) is 5.37. The van der Waals surface area contributed by atoms with E-state index in [0.29, 0.717) is 19.1 Å². The highest BCUT2D eigenvalue weighted by Gasteiger charge is 2.33. The maximum atomic E-state index is 13.1. The van der Waals surface area contributed by atoms with E-state index >= 15 is 0 Å². The van der Waals surface area contributed by atoms with Crippen molar-refractivity contribution in [2.75, 3.05) is 0 Å². The maximum Gasteiger partial charge on any atom is 0.254 e. The lowest BCUT2D eigenvalue weighted by molar-refractivity contribution is 0.0726. The summed E-state index contributed by atoms with van der Waals surface area (Å²) >= 11 is 9.75. The standard InChI is InChI=1S/C22H20BrClN2O/c23-18-9-7-16(8-10-18)22(27)26(19-11-12-19)15-20-5-3-13-25(20)14-17-4-1-2-6-21(17)24/h1-10,13,19H,11-12,14-15H2. The second kappa shape index (κ2) is 7.91. The van der Waals surface area contributed by atoms with Crippen molar-refractivity contribution in [3.05, 3.63) is 93.2 Å². The van der Waals surface area contributed by atoms with Crippen molar-refractivity contribution in [3.8, 4) is 0 Å². The third-order valence-electron chi connectivity index (χ3n) is 4.89. The van der Waals surface area contributed by atoms with Crippen LogP contribution >= 0.6 is 27.5 Å². The van der Waals surface area contributed by atoms with Crippen LogP contribution in [0.4, 0.5) is 0 Å². The number of rotatable bonds is 6. The van der Waals surface area contributed by atoms with Crippen molar-refractivity contribution in [1.82, 2.24) is 9.47 Å². The minimum absolute atomic E-state index is 0.0930. The van der Waals surface area contributed by atoms with Gasteiger partial charge in [-0.2, -0.15) is 0 Å². The van der Waals surface area contributed by atoms with Crippen LogP contribution in [0.5, 0.6) is 0 Å². The molecule has 0 radical (unpaired) electrons. The van der Waals surface area contributed by atoms with Crippen LogP contribution in [0.1, 0.15) is 34.5 Å². The first-order chi connectivity index (χ1) is 13.1. The minimum Gasteiger partial charge on any atom is -0.345 e. The van der Waals surface area contributed by atoms with E-state index in [4.69, 9.17) is 11.6 Å². The van der Waals surface area contributed by atoms with Crippen LogP contribution in [0.3, 0.4) is 0 Å². The third kappa shape index (κ3) is 4.28. The van der Waals surface area contributed by atoms with Gasteiger partial charge in [-0.1, -0.05) is 45.7 Å². The number of aromatic nitrogens is 1. The number of nitrogens with zero attached hydrogens (tertiary/aromatic N) is 2. The number of hydrogen-bond acceptors (Lipinski definition) is 1. The largest absolute Gasteiger partial charge is 0.345 e. The third-order valence-corrected chi connectivity index (χ3v) is 5.79. The molecule has 0 spiro atoms. The predicted octanol–water partition coefficient (Wildman–Crippen LogP) is 5.76. The summed E-state index contributed by atoms with van der Waals surface area (Å²) in [6, 6.07) is 19.9. The van der Waals surface area contributed by atoms with Crippen molar-refractivity contribution in [3.63, 3.8) is 0 Å². The van der Waals surface area contributed by atoms with E-state index in [1.807, 2.05) is 65.7 Å². The summed E-state index contributed by atoms with van der Waals surface area (Å²) in [6.07, 6.45) is 4.20. The Morgan fingerprint density at radius 3 is 2.52 bits per heavy atom. The number of carbonyl (C=O) groups is 1. The summed E-state index contributed by atoms with van der Waals surface area (Å²) in [5, 5.41) is 0.766. The molecule has 0 saturated heterocycles. The number of hydrogen-bond donors (Lipinski definition) is 0. The molecule has 3 aromatic rings. The first kappa shape index (κ1) is 18.3. The van der Waals surface area contributed by atoms with Crippen molar-refractivity contribution in [1.29, 1.82) is 0 Å². The molecule has 0 bridgehead atoms. The zero-order valence-electron chi connectivity index (χ0n) is 14.8. The second-order valence-electron chi connectivity index (χ2n) is 6.89. The number of halogens is 2. The molecule has 0 N–H and O–H groups in total. The zero-order valence-corrected chi connectivity index (χ0v) is 17.2. The Morgan fingerprint density at radius 1 is 1.07 bits per heavy atom. The molecule has 0 unspecified atom stereocenters. The molecule has 0 aliphatic heterocycles. The highest BCUT2D eigenvalue weighted by atomic mass is 79.9. The van der Waals surface area contributed by atoms with Gasteiger partial charge in [0.15, 0.2) is 0 Å². The molecule has 1 fully saturated rings. The normalized spacial score (nSPS) is 13.6. The second-order valence-corrected chi connectivity index (χ2v) is 8.21. The first-order valence-corrected chi connectivity index (χ1v) is 10.2. The van der Waals surface area contributed by atoms with Crippen LogP contribution in [-0.2, 0) is 13.1 Å². The van der Waals surface area contributed by atoms with Gasteiger partial charge in [0.05, 0.1) is 6.54 Å². The predicted molar refractivity (Wildman–Crippen MR) is 112 cm³/mol. The van der Waals surface area contributed by atoms with Gasteiger partial charge in [-0.05, 0) is 60.9 Å². The number of benzene rings is 2. The van der Waals surface area contributed by atoms with Crippen molar-refractivity contribution in [2.45, 2.75) is 32.0 Å². The van der Waals surface area contributed by atoms with Crippen LogP contribution in [-0.4, -0.2) is 21.4 Å². The van der Waals surface area contributed by atoms with Gasteiger partial charge >= 0.3 is 0 Å². The Bertz CT molecular complexity index is 947. The van der Waals surface area contributed by atoms with Crippen LogP contribution < -0.4 is 0 Å². The Balaban J connectivity index is 1.55. The topological polar surface area (TPSA) is 25.2 Å². The summed E-state index contributed by atoms with van der Waals surface area (Å²) in [4.78, 5) is 15.1. The summed E-state index contributed by atoms with van der Waals surface area (Å²) in [7, 11) is 0. The van der Waals surface area contributed by atoms with Gasteiger partial charge in [0.25, 0.3) is 5.91 Å². The molecule has 27 heavy (non-hydrogen) atoms. The highest BCUT2D eigenvalue weighted by molar-refractivity contribution is 9.10. The maximum absolute atomic E-state index is 13.1. The summed E-state index contributed by atoms with van der Waals surface area (Å²) in [5.41, 5.74) is 2.93. The summed E-state index contributed by atoms with van der Waals surface area (Å²) < 4.78 is 3.15. The van der Waals surface area contributed by atoms with Crippen molar-refractivity contribution in [2.24, 2.45) is 0 Å². The van der Waals surface area contributed by atoms with E-state index in [9.17, 15) is 4.79 Å². The molecule has 2 aromatic carbocycles. The van der Waals surface area contributed by atoms with Gasteiger partial charge in [0.2, 0.25) is 0 Å². The molecule has 1 heterocycles. The van der Waals surface area contributed by atoms with Gasteiger partial charge in [-0.3, -0.25) is 4.79 Å². The average molecular weight is 444 g/mol. The lowest BCUT2D eigenvalue weighted by atomic mass is 10.2. The molecular weight excluding hydrogens is 424 g/mol. The fourth-order valence-corrected chi connectivity index (χ4v) is 3.70. The van der Waals surface area contributed by atoms with Gasteiger partial charge in [0.1, 0.15) is 0 Å². The molecule has 3 nitrogen and oxygen atoms in total. The number of carbonyl (C=O) groups excluding carboxylic acids is 1. The monoisotopic (exact) mass is 442 g/mol. The molecule has 1 aromatic heterocycles. The fraction of sp³-hybridized carbons (Fsp3) is 0.227. The Morgan fingerprint density at radius 2 is 1.81 bits per heavy atom. The van der Waals surface area contributed by atoms with Gasteiger partial charge in [-0.25, -0.2) is 0 Å². The summed E-state index contributed by atoms with van der Waals surface area (Å²) in [6.45, 7) is 1.31. The lowest BCUT2D eigenvalue weighted by Crippen LogP contribution is -2.33. The average Bonchev–Trinajstić information content (AvgIpc) is 3.42. The van der Waals surface area contributed by atoms with Gasteiger partial charge in [-0.15, -0.1) is 0 Å². The van der Waals surface area contributed by atoms with E-state index in [2.05, 4.69) is 26.6 Å². The Hall–Kier alpha value is -2.04. The first-order valence-electron chi connectivity index (χ1n) is 9.06. The smallest absolute Gasteiger partial charge is 0.254 e. The molecule has 4 rings (SSSR count). The van der Waals surface area contributed by atoms with Crippen molar-refractivity contribution < 1.29 is 4.79 Å². The molecule has 1 amide bonds. The molecule has 1 saturated carbocycles. The molecule has 5 heteroatoms. The molecule has 138 valence electrons. The van der Waals surface area contributed by atoms with E-state index in [1.54, 1.807) is 0 Å². The number of amides is 1. The van der Waals surface area contributed by atoms with Gasteiger partial charge < -0.3 is 9.47 Å². The fourth-order valence-electron chi connectivity index (χ4n) is 3.24. The quantitative estimate of drug-likeness (QED) is 0.476. The highest BCUT2D eigenvalue weighted by Crippen LogP contribution is 2.30. The minimum atomic E-state index is 0.0930. The van der Waals surface area contributed by atoms with Crippen molar-refractivity contribution >= 4 is 33.4 Å². The molecule has 0 atom stereocenters. The van der Waals surface area contributed by atoms with Gasteiger partial charge in [0, 0.05) is 39.5 Å². The van der Waals surface area contributed by atoms with E-state index in [-0.39, 0.29) is 5.91 Å². The van der Waals surface area contributed by atoms with E-state index < -0.39 is 0 Å². The van der Waals surface area contributed by atoms with Crippen LogP contribution in [0.15, 0.2) is 71.3 Å². The van der Waals surface area contributed by atoms with Crippen LogP contribution in [0.25, 0.3) is 0 Å². The van der Waals surface area contributed by atoms with E-state index in [0.717, 1.165) is 39.2 Å². The Labute approximate surface area is 172 Å². The van der Waals surface area contributed by atoms with E-state index in [1.165, 1.54) is 0 Å². The molecule has 1 aliphatic rings. The molecular formula is C22H20BrClN2O. The lowest BCUT2D eigenvalue weighted by Gasteiger charge is -2.24. The van der Waals surface area contributed by atoms with Crippen LogP contribution in [0, 0.1) is 0 Å².